The van der Waals surface area contributed by atoms with Gasteiger partial charge in [0.1, 0.15) is 0 Å². The minimum Gasteiger partial charge on any atom is -0.316 e. The lowest BCUT2D eigenvalue weighted by atomic mass is 9.94. The van der Waals surface area contributed by atoms with Gasteiger partial charge in [0.25, 0.3) is 0 Å². The van der Waals surface area contributed by atoms with E-state index in [1.54, 1.807) is 0 Å². The van der Waals surface area contributed by atoms with Gasteiger partial charge in [-0.3, -0.25) is 4.79 Å². The van der Waals surface area contributed by atoms with Crippen molar-refractivity contribution >= 4 is 17.7 Å². The predicted molar refractivity (Wildman–Crippen MR) is 61.4 cm³/mol. The molecule has 3 aliphatic heterocycles. The number of amides is 1. The normalized spacial score (nSPS) is 39.0. The van der Waals surface area contributed by atoms with E-state index in [1.807, 2.05) is 16.7 Å². The molecule has 3 rings (SSSR count). The van der Waals surface area contributed by atoms with Crippen LogP contribution in [0.5, 0.6) is 0 Å². The molecule has 82 valence electrons. The van der Waals surface area contributed by atoms with Gasteiger partial charge >= 0.3 is 0 Å². The van der Waals surface area contributed by atoms with Crippen molar-refractivity contribution in [1.82, 2.24) is 10.2 Å². The zero-order valence-corrected chi connectivity index (χ0v) is 9.72. The highest BCUT2D eigenvalue weighted by molar-refractivity contribution is 8.03. The third kappa shape index (κ3) is 1.51. The summed E-state index contributed by atoms with van der Waals surface area (Å²) in [6.45, 7) is 4.51. The van der Waals surface area contributed by atoms with E-state index in [-0.39, 0.29) is 0 Å². The van der Waals surface area contributed by atoms with Crippen molar-refractivity contribution in [2.75, 3.05) is 13.1 Å². The maximum absolute atomic E-state index is 11.3. The summed E-state index contributed by atoms with van der Waals surface area (Å²) in [5.41, 5.74) is 0. The SMILES string of the molecule is CC1C(SC2CCNC2)=CN2C(=O)C[C@@H]12. The molecule has 0 aromatic heterocycles. The Morgan fingerprint density at radius 2 is 2.47 bits per heavy atom. The maximum atomic E-state index is 11.3. The van der Waals surface area contributed by atoms with Crippen molar-refractivity contribution < 1.29 is 4.79 Å². The van der Waals surface area contributed by atoms with E-state index < -0.39 is 0 Å². The minimum absolute atomic E-state index is 0.298. The molecular formula is C11H16N2OS. The van der Waals surface area contributed by atoms with Crippen molar-refractivity contribution in [1.29, 1.82) is 0 Å². The molecule has 4 heteroatoms. The molecule has 3 atom stereocenters. The van der Waals surface area contributed by atoms with Crippen LogP contribution in [-0.4, -0.2) is 35.2 Å². The topological polar surface area (TPSA) is 32.3 Å². The van der Waals surface area contributed by atoms with E-state index in [4.69, 9.17) is 0 Å². The van der Waals surface area contributed by atoms with Gasteiger partial charge in [-0.2, -0.15) is 0 Å². The number of nitrogens with zero attached hydrogens (tertiary/aromatic N) is 1. The Morgan fingerprint density at radius 3 is 3.07 bits per heavy atom. The summed E-state index contributed by atoms with van der Waals surface area (Å²) in [5.74, 6) is 0.861. The highest BCUT2D eigenvalue weighted by Gasteiger charge is 2.45. The predicted octanol–water partition coefficient (Wildman–Crippen LogP) is 1.17. The lowest BCUT2D eigenvalue weighted by Crippen LogP contribution is -2.48. The van der Waals surface area contributed by atoms with Crippen LogP contribution in [0, 0.1) is 5.92 Å². The zero-order valence-electron chi connectivity index (χ0n) is 8.90. The fourth-order valence-electron chi connectivity index (χ4n) is 2.54. The number of nitrogens with one attached hydrogen (secondary N) is 1. The quantitative estimate of drug-likeness (QED) is 0.715. The summed E-state index contributed by atoms with van der Waals surface area (Å²) in [5, 5.41) is 4.09. The molecule has 0 aromatic rings. The Morgan fingerprint density at radius 1 is 1.60 bits per heavy atom. The summed E-state index contributed by atoms with van der Waals surface area (Å²) in [4.78, 5) is 14.6. The van der Waals surface area contributed by atoms with Crippen LogP contribution in [0.15, 0.2) is 11.1 Å². The van der Waals surface area contributed by atoms with Crippen molar-refractivity contribution in [2.24, 2.45) is 5.92 Å². The van der Waals surface area contributed by atoms with E-state index in [9.17, 15) is 4.79 Å². The molecule has 0 aliphatic carbocycles. The first kappa shape index (κ1) is 9.73. The second kappa shape index (κ2) is 3.52. The van der Waals surface area contributed by atoms with E-state index in [2.05, 4.69) is 18.4 Å². The number of carbonyl (C=O) groups is 1. The van der Waals surface area contributed by atoms with Crippen LogP contribution in [0.3, 0.4) is 0 Å². The van der Waals surface area contributed by atoms with Crippen molar-refractivity contribution in [3.05, 3.63) is 11.1 Å². The summed E-state index contributed by atoms with van der Waals surface area (Å²) in [7, 11) is 0. The fourth-order valence-corrected chi connectivity index (χ4v) is 3.91. The van der Waals surface area contributed by atoms with E-state index >= 15 is 0 Å². The number of hydrogen-bond donors (Lipinski definition) is 1. The van der Waals surface area contributed by atoms with Crippen LogP contribution in [0.25, 0.3) is 0 Å². The summed E-state index contributed by atoms with van der Waals surface area (Å²) in [6.07, 6.45) is 4.10. The number of hydrogen-bond acceptors (Lipinski definition) is 3. The van der Waals surface area contributed by atoms with Gasteiger partial charge in [0.05, 0.1) is 6.04 Å². The first-order valence-corrected chi connectivity index (χ1v) is 6.54. The van der Waals surface area contributed by atoms with Crippen LogP contribution in [0.1, 0.15) is 19.8 Å². The van der Waals surface area contributed by atoms with Crippen LogP contribution in [0.2, 0.25) is 0 Å². The molecule has 1 N–H and O–H groups in total. The first-order valence-electron chi connectivity index (χ1n) is 5.66. The lowest BCUT2D eigenvalue weighted by Gasteiger charge is -2.35. The molecule has 0 bridgehead atoms. The highest BCUT2D eigenvalue weighted by Crippen LogP contribution is 2.44. The molecule has 3 heterocycles. The molecule has 0 radical (unpaired) electrons. The monoisotopic (exact) mass is 224 g/mol. The summed E-state index contributed by atoms with van der Waals surface area (Å²) < 4.78 is 0. The van der Waals surface area contributed by atoms with Crippen molar-refractivity contribution in [3.8, 4) is 0 Å². The third-order valence-electron chi connectivity index (χ3n) is 3.64. The average molecular weight is 224 g/mol. The summed E-state index contributed by atoms with van der Waals surface area (Å²) in [6, 6.07) is 0.481. The molecule has 2 unspecified atom stereocenters. The Labute approximate surface area is 94.3 Å². The van der Waals surface area contributed by atoms with E-state index in [1.165, 1.54) is 11.3 Å². The molecule has 2 saturated heterocycles. The Kier molecular flexibility index (Phi) is 2.29. The molecule has 2 fully saturated rings. The average Bonchev–Trinajstić information content (AvgIpc) is 2.78. The Bertz CT molecular complexity index is 323. The summed E-state index contributed by atoms with van der Waals surface area (Å²) >= 11 is 1.98. The van der Waals surface area contributed by atoms with Gasteiger partial charge in [0, 0.05) is 35.2 Å². The smallest absolute Gasteiger partial charge is 0.228 e. The fraction of sp³-hybridized carbons (Fsp3) is 0.727. The van der Waals surface area contributed by atoms with Gasteiger partial charge in [-0.05, 0) is 13.0 Å². The Balaban J connectivity index is 1.68. The largest absolute Gasteiger partial charge is 0.316 e. The van der Waals surface area contributed by atoms with Gasteiger partial charge < -0.3 is 10.2 Å². The third-order valence-corrected chi connectivity index (χ3v) is 5.12. The number of rotatable bonds is 2. The van der Waals surface area contributed by atoms with Crippen molar-refractivity contribution in [3.63, 3.8) is 0 Å². The molecule has 1 amide bonds. The van der Waals surface area contributed by atoms with Gasteiger partial charge in [-0.15, -0.1) is 11.8 Å². The second-order valence-electron chi connectivity index (χ2n) is 4.63. The van der Waals surface area contributed by atoms with Gasteiger partial charge in [0.2, 0.25) is 5.91 Å². The van der Waals surface area contributed by atoms with Crippen LogP contribution < -0.4 is 5.32 Å². The van der Waals surface area contributed by atoms with Crippen LogP contribution in [-0.2, 0) is 4.79 Å². The van der Waals surface area contributed by atoms with Crippen LogP contribution >= 0.6 is 11.8 Å². The minimum atomic E-state index is 0.298. The van der Waals surface area contributed by atoms with Crippen LogP contribution in [0.4, 0.5) is 0 Å². The number of β-lactam (4-membered cyclic amide) rings is 1. The molecule has 15 heavy (non-hydrogen) atoms. The van der Waals surface area contributed by atoms with Gasteiger partial charge in [-0.1, -0.05) is 6.92 Å². The highest BCUT2D eigenvalue weighted by atomic mass is 32.2. The molecular weight excluding hydrogens is 208 g/mol. The first-order chi connectivity index (χ1) is 7.25. The molecule has 3 nitrogen and oxygen atoms in total. The van der Waals surface area contributed by atoms with E-state index in [0.29, 0.717) is 23.1 Å². The number of fused-ring (bicyclic) bond motifs is 1. The van der Waals surface area contributed by atoms with Gasteiger partial charge in [-0.25, -0.2) is 0 Å². The van der Waals surface area contributed by atoms with Gasteiger partial charge in [0.15, 0.2) is 0 Å². The Hall–Kier alpha value is -0.480. The lowest BCUT2D eigenvalue weighted by molar-refractivity contribution is -0.141. The van der Waals surface area contributed by atoms with Crippen molar-refractivity contribution in [2.45, 2.75) is 31.1 Å². The molecule has 0 saturated carbocycles. The zero-order chi connectivity index (χ0) is 10.4. The molecule has 0 spiro atoms. The maximum Gasteiger partial charge on any atom is 0.228 e. The number of carbonyl (C=O) groups excluding carboxylic acids is 1. The molecule has 3 aliphatic rings. The second-order valence-corrected chi connectivity index (χ2v) is 6.00. The van der Waals surface area contributed by atoms with E-state index in [0.717, 1.165) is 19.5 Å². The standard InChI is InChI=1S/C11H16N2OS/c1-7-9-4-11(14)13(9)6-10(7)15-8-2-3-12-5-8/h6-9,12H,2-5H2,1H3/t7?,8?,9-/m0/s1. The molecule has 0 aromatic carbocycles. The number of thioether (sulfide) groups is 1.